The van der Waals surface area contributed by atoms with E-state index in [-0.39, 0.29) is 18.8 Å². The van der Waals surface area contributed by atoms with E-state index in [2.05, 4.69) is 0 Å². The average Bonchev–Trinajstić information content (AvgIpc) is 2.85. The summed E-state index contributed by atoms with van der Waals surface area (Å²) in [7, 11) is -2.46. The highest BCUT2D eigenvalue weighted by atomic mass is 32.3. The van der Waals surface area contributed by atoms with E-state index in [1.54, 1.807) is 18.2 Å². The summed E-state index contributed by atoms with van der Waals surface area (Å²) in [6.45, 7) is 0.350. The van der Waals surface area contributed by atoms with Gasteiger partial charge in [0.2, 0.25) is 0 Å². The number of rotatable bonds is 6. The topological polar surface area (TPSA) is 87.5 Å². The molecule has 11 heteroatoms. The molecule has 3 rings (SSSR count). The van der Waals surface area contributed by atoms with E-state index in [4.69, 9.17) is 5.11 Å². The number of halogens is 3. The molecule has 0 atom stereocenters. The SMILES string of the molecule is CN(CCCCN1c2ccccc2N(c2c(F)cc(F)cc2F)S1(O)O)C(=O)O. The maximum Gasteiger partial charge on any atom is 0.407 e. The fourth-order valence-electron chi connectivity index (χ4n) is 3.12. The van der Waals surface area contributed by atoms with E-state index in [1.165, 1.54) is 17.4 Å². The zero-order valence-corrected chi connectivity index (χ0v) is 16.2. The van der Waals surface area contributed by atoms with E-state index >= 15 is 0 Å². The first-order valence-electron chi connectivity index (χ1n) is 8.68. The molecular formula is C18H20F3N3O4S. The van der Waals surface area contributed by atoms with Gasteiger partial charge in [0.15, 0.2) is 11.6 Å². The van der Waals surface area contributed by atoms with Crippen molar-refractivity contribution < 1.29 is 32.2 Å². The number of carbonyl (C=O) groups is 1. The third kappa shape index (κ3) is 3.93. The van der Waals surface area contributed by atoms with E-state index in [9.17, 15) is 27.1 Å². The molecule has 0 saturated heterocycles. The highest BCUT2D eigenvalue weighted by Crippen LogP contribution is 2.64. The van der Waals surface area contributed by atoms with Crippen molar-refractivity contribution in [1.29, 1.82) is 0 Å². The van der Waals surface area contributed by atoms with E-state index in [1.807, 2.05) is 0 Å². The molecule has 1 amide bonds. The molecule has 29 heavy (non-hydrogen) atoms. The normalized spacial score (nSPS) is 15.9. The number of anilines is 3. The molecule has 0 aromatic heterocycles. The first-order chi connectivity index (χ1) is 13.6. The van der Waals surface area contributed by atoms with Crippen molar-refractivity contribution in [3.8, 4) is 0 Å². The minimum absolute atomic E-state index is 0.105. The monoisotopic (exact) mass is 431 g/mol. The Hall–Kier alpha value is -2.63. The van der Waals surface area contributed by atoms with Crippen molar-refractivity contribution in [3.63, 3.8) is 0 Å². The molecule has 1 aliphatic heterocycles. The van der Waals surface area contributed by atoms with Crippen molar-refractivity contribution in [3.05, 3.63) is 53.8 Å². The smallest absolute Gasteiger partial charge is 0.407 e. The number of hydrogen-bond donors (Lipinski definition) is 3. The molecule has 2 aromatic carbocycles. The first-order valence-corrected chi connectivity index (χ1v) is 10.1. The summed E-state index contributed by atoms with van der Waals surface area (Å²) < 4.78 is 65.8. The molecule has 0 radical (unpaired) electrons. The molecule has 7 nitrogen and oxygen atoms in total. The molecule has 0 saturated carbocycles. The zero-order chi connectivity index (χ0) is 21.3. The van der Waals surface area contributed by atoms with Crippen LogP contribution in [0.3, 0.4) is 0 Å². The molecule has 0 aliphatic carbocycles. The minimum Gasteiger partial charge on any atom is -0.465 e. The summed E-state index contributed by atoms with van der Waals surface area (Å²) in [6.07, 6.45) is -0.241. The van der Waals surface area contributed by atoms with Crippen molar-refractivity contribution in [2.24, 2.45) is 0 Å². The molecule has 0 fully saturated rings. The lowest BCUT2D eigenvalue weighted by Gasteiger charge is -2.43. The van der Waals surface area contributed by atoms with Gasteiger partial charge in [-0.2, -0.15) is 0 Å². The Morgan fingerprint density at radius 3 is 2.24 bits per heavy atom. The van der Waals surface area contributed by atoms with Gasteiger partial charge in [-0.15, -0.1) is 0 Å². The number of fused-ring (bicyclic) bond motifs is 1. The summed E-state index contributed by atoms with van der Waals surface area (Å²) in [5.74, 6) is -3.64. The third-order valence-corrected chi connectivity index (χ3v) is 6.37. The van der Waals surface area contributed by atoms with Gasteiger partial charge in [-0.05, 0) is 35.9 Å². The Morgan fingerprint density at radius 1 is 1.07 bits per heavy atom. The van der Waals surface area contributed by atoms with Crippen molar-refractivity contribution in [2.45, 2.75) is 12.8 Å². The van der Waals surface area contributed by atoms with Gasteiger partial charge in [0.05, 0.1) is 11.4 Å². The van der Waals surface area contributed by atoms with Crippen LogP contribution in [0.5, 0.6) is 0 Å². The lowest BCUT2D eigenvalue weighted by Crippen LogP contribution is -2.33. The van der Waals surface area contributed by atoms with Gasteiger partial charge in [0.1, 0.15) is 11.5 Å². The Bertz CT molecular complexity index is 908. The standard InChI is InChI=1S/C18H20F3N3O4S/c1-22(18(25)26)8-4-5-9-23-15-6-2-3-7-16(15)24(29(23,27)28)17-13(20)10-12(19)11-14(17)21/h2-3,6-7,10-11,27-28H,4-5,8-9H2,1H3,(H,25,26). The van der Waals surface area contributed by atoms with Crippen molar-refractivity contribution in [2.75, 3.05) is 28.7 Å². The number of nitrogens with zero attached hydrogens (tertiary/aromatic N) is 3. The van der Waals surface area contributed by atoms with Crippen LogP contribution in [0, 0.1) is 17.5 Å². The quantitative estimate of drug-likeness (QED) is 0.556. The molecule has 158 valence electrons. The van der Waals surface area contributed by atoms with Crippen LogP contribution in [0.15, 0.2) is 36.4 Å². The van der Waals surface area contributed by atoms with Gasteiger partial charge >= 0.3 is 6.09 Å². The zero-order valence-electron chi connectivity index (χ0n) is 15.4. The Morgan fingerprint density at radius 2 is 1.66 bits per heavy atom. The van der Waals surface area contributed by atoms with Crippen LogP contribution < -0.4 is 8.61 Å². The minimum atomic E-state index is -3.88. The van der Waals surface area contributed by atoms with Gasteiger partial charge in [0, 0.05) is 32.3 Å². The van der Waals surface area contributed by atoms with Crippen LogP contribution >= 0.6 is 11.0 Å². The molecule has 0 unspecified atom stereocenters. The fraction of sp³-hybridized carbons (Fsp3) is 0.278. The van der Waals surface area contributed by atoms with Crippen LogP contribution in [0.1, 0.15) is 12.8 Å². The Balaban J connectivity index is 1.90. The van der Waals surface area contributed by atoms with Crippen LogP contribution in [-0.2, 0) is 0 Å². The lowest BCUT2D eigenvalue weighted by molar-refractivity contribution is 0.155. The number of unbranched alkanes of at least 4 members (excludes halogenated alkanes) is 1. The molecule has 1 heterocycles. The molecule has 3 N–H and O–H groups in total. The van der Waals surface area contributed by atoms with Gasteiger partial charge in [0.25, 0.3) is 0 Å². The van der Waals surface area contributed by atoms with Crippen LogP contribution in [0.4, 0.5) is 35.0 Å². The van der Waals surface area contributed by atoms with Crippen LogP contribution in [-0.4, -0.2) is 45.3 Å². The number of para-hydroxylation sites is 2. The number of carboxylic acid groups (broad SMARTS) is 1. The predicted molar refractivity (Wildman–Crippen MR) is 105 cm³/mol. The first kappa shape index (κ1) is 21.1. The highest BCUT2D eigenvalue weighted by Gasteiger charge is 2.43. The van der Waals surface area contributed by atoms with Crippen LogP contribution in [0.25, 0.3) is 0 Å². The number of amides is 1. The molecule has 0 bridgehead atoms. The summed E-state index contributed by atoms with van der Waals surface area (Å²) in [4.78, 5) is 11.9. The van der Waals surface area contributed by atoms with Gasteiger partial charge in [-0.3, -0.25) is 13.4 Å². The Labute approximate surface area is 167 Å². The summed E-state index contributed by atoms with van der Waals surface area (Å²) in [5, 5.41) is 8.87. The maximum absolute atomic E-state index is 14.4. The second kappa shape index (κ2) is 8.01. The molecule has 1 aliphatic rings. The van der Waals surface area contributed by atoms with Crippen molar-refractivity contribution >= 4 is 34.1 Å². The van der Waals surface area contributed by atoms with E-state index in [0.717, 1.165) is 9.21 Å². The number of hydrogen-bond acceptors (Lipinski definition) is 5. The largest absolute Gasteiger partial charge is 0.465 e. The Kier molecular flexibility index (Phi) is 5.82. The summed E-state index contributed by atoms with van der Waals surface area (Å²) in [5.41, 5.74) is -0.242. The van der Waals surface area contributed by atoms with Crippen molar-refractivity contribution in [1.82, 2.24) is 4.90 Å². The summed E-state index contributed by atoms with van der Waals surface area (Å²) >= 11 is 0. The lowest BCUT2D eigenvalue weighted by atomic mass is 10.2. The summed E-state index contributed by atoms with van der Waals surface area (Å²) in [6, 6.07) is 7.21. The predicted octanol–water partition coefficient (Wildman–Crippen LogP) is 5.03. The third-order valence-electron chi connectivity index (χ3n) is 4.53. The second-order valence-electron chi connectivity index (χ2n) is 6.50. The fourth-order valence-corrected chi connectivity index (χ4v) is 4.95. The van der Waals surface area contributed by atoms with E-state index in [0.29, 0.717) is 30.7 Å². The molecular weight excluding hydrogens is 411 g/mol. The van der Waals surface area contributed by atoms with E-state index < -0.39 is 40.2 Å². The maximum atomic E-state index is 14.4. The average molecular weight is 431 g/mol. The van der Waals surface area contributed by atoms with Gasteiger partial charge < -0.3 is 10.0 Å². The molecule has 2 aromatic rings. The van der Waals surface area contributed by atoms with Gasteiger partial charge in [-0.1, -0.05) is 12.1 Å². The molecule has 0 spiro atoms. The van der Waals surface area contributed by atoms with Gasteiger partial charge in [-0.25, -0.2) is 22.3 Å². The second-order valence-corrected chi connectivity index (χ2v) is 8.29. The number of benzene rings is 2. The highest BCUT2D eigenvalue weighted by molar-refractivity contribution is 8.27. The van der Waals surface area contributed by atoms with Crippen LogP contribution in [0.2, 0.25) is 0 Å².